The number of benzene rings is 1. The number of rotatable bonds is 8. The number of alkyl carbamates (subject to hydrolysis) is 1. The molecule has 1 rings (SSSR count). The number of hydrogen-bond acceptors (Lipinski definition) is 5. The maximum atomic E-state index is 11.8. The minimum absolute atomic E-state index is 0.147. The van der Waals surface area contributed by atoms with Crippen LogP contribution in [-0.4, -0.2) is 43.6 Å². The molecule has 23 heavy (non-hydrogen) atoms. The fourth-order valence-electron chi connectivity index (χ4n) is 1.69. The Morgan fingerprint density at radius 2 is 1.87 bits per heavy atom. The SMILES string of the molecule is CON(C)C(=O)CCOC(C)(C)NC(=O)OCc1ccccc1. The van der Waals surface area contributed by atoms with Crippen molar-refractivity contribution in [1.29, 1.82) is 0 Å². The van der Waals surface area contributed by atoms with Crippen LogP contribution in [0.15, 0.2) is 30.3 Å². The summed E-state index contributed by atoms with van der Waals surface area (Å²) >= 11 is 0. The summed E-state index contributed by atoms with van der Waals surface area (Å²) < 4.78 is 10.6. The Morgan fingerprint density at radius 3 is 2.48 bits per heavy atom. The molecule has 1 N–H and O–H groups in total. The zero-order valence-electron chi connectivity index (χ0n) is 14.0. The number of hydrogen-bond donors (Lipinski definition) is 1. The van der Waals surface area contributed by atoms with Gasteiger partial charge in [0, 0.05) is 7.05 Å². The van der Waals surface area contributed by atoms with Gasteiger partial charge < -0.3 is 9.47 Å². The van der Waals surface area contributed by atoms with E-state index >= 15 is 0 Å². The molecule has 0 unspecified atom stereocenters. The van der Waals surface area contributed by atoms with E-state index < -0.39 is 11.8 Å². The molecule has 0 radical (unpaired) electrons. The number of nitrogens with zero attached hydrogens (tertiary/aromatic N) is 1. The first-order valence-electron chi connectivity index (χ1n) is 7.27. The van der Waals surface area contributed by atoms with Crippen LogP contribution in [0.2, 0.25) is 0 Å². The Kier molecular flexibility index (Phi) is 7.50. The van der Waals surface area contributed by atoms with Gasteiger partial charge in [-0.2, -0.15) is 0 Å². The van der Waals surface area contributed by atoms with Crippen LogP contribution >= 0.6 is 0 Å². The van der Waals surface area contributed by atoms with Crippen molar-refractivity contribution in [3.63, 3.8) is 0 Å². The monoisotopic (exact) mass is 324 g/mol. The molecule has 7 nitrogen and oxygen atoms in total. The number of nitrogens with one attached hydrogen (secondary N) is 1. The summed E-state index contributed by atoms with van der Waals surface area (Å²) in [5.74, 6) is -0.213. The third-order valence-electron chi connectivity index (χ3n) is 3.02. The first-order valence-corrected chi connectivity index (χ1v) is 7.27. The number of carbonyl (C=O) groups is 2. The summed E-state index contributed by atoms with van der Waals surface area (Å²) in [5.41, 5.74) is -0.0470. The molecule has 2 amide bonds. The van der Waals surface area contributed by atoms with Crippen molar-refractivity contribution >= 4 is 12.0 Å². The molecule has 0 aromatic heterocycles. The third-order valence-corrected chi connectivity index (χ3v) is 3.02. The van der Waals surface area contributed by atoms with Crippen molar-refractivity contribution in [3.8, 4) is 0 Å². The molecule has 0 aliphatic rings. The Labute approximate surface area is 136 Å². The average Bonchev–Trinajstić information content (AvgIpc) is 2.52. The van der Waals surface area contributed by atoms with Crippen LogP contribution in [0.5, 0.6) is 0 Å². The van der Waals surface area contributed by atoms with E-state index in [9.17, 15) is 9.59 Å². The predicted molar refractivity (Wildman–Crippen MR) is 84.2 cm³/mol. The first kappa shape index (κ1) is 18.9. The Morgan fingerprint density at radius 1 is 1.22 bits per heavy atom. The van der Waals surface area contributed by atoms with Crippen LogP contribution in [0.25, 0.3) is 0 Å². The molecule has 0 heterocycles. The van der Waals surface area contributed by atoms with Crippen molar-refractivity contribution in [1.82, 2.24) is 10.4 Å². The minimum atomic E-state index is -0.945. The largest absolute Gasteiger partial charge is 0.445 e. The highest BCUT2D eigenvalue weighted by atomic mass is 16.7. The van der Waals surface area contributed by atoms with Crippen molar-refractivity contribution in [2.45, 2.75) is 32.6 Å². The topological polar surface area (TPSA) is 77.1 Å². The third kappa shape index (κ3) is 7.62. The quantitative estimate of drug-likeness (QED) is 0.585. The van der Waals surface area contributed by atoms with Gasteiger partial charge in [0.2, 0.25) is 5.91 Å². The van der Waals surface area contributed by atoms with Gasteiger partial charge in [0.15, 0.2) is 0 Å². The van der Waals surface area contributed by atoms with E-state index in [1.54, 1.807) is 13.8 Å². The van der Waals surface area contributed by atoms with Gasteiger partial charge in [0.25, 0.3) is 0 Å². The summed E-state index contributed by atoms with van der Waals surface area (Å²) in [6, 6.07) is 9.37. The van der Waals surface area contributed by atoms with Gasteiger partial charge in [-0.3, -0.25) is 14.9 Å². The summed E-state index contributed by atoms with van der Waals surface area (Å²) in [4.78, 5) is 28.1. The summed E-state index contributed by atoms with van der Waals surface area (Å²) in [5, 5.41) is 3.73. The second kappa shape index (κ2) is 9.12. The molecule has 0 saturated heterocycles. The highest BCUT2D eigenvalue weighted by Crippen LogP contribution is 2.07. The highest BCUT2D eigenvalue weighted by molar-refractivity contribution is 5.74. The molecule has 1 aromatic rings. The van der Waals surface area contributed by atoms with Crippen LogP contribution in [-0.2, 0) is 25.7 Å². The lowest BCUT2D eigenvalue weighted by atomic mass is 10.2. The van der Waals surface area contributed by atoms with Crippen molar-refractivity contribution in [2.24, 2.45) is 0 Å². The van der Waals surface area contributed by atoms with Gasteiger partial charge in [-0.1, -0.05) is 30.3 Å². The summed E-state index contributed by atoms with van der Waals surface area (Å²) in [6.07, 6.45) is -0.437. The van der Waals surface area contributed by atoms with Gasteiger partial charge >= 0.3 is 6.09 Å². The van der Waals surface area contributed by atoms with Gasteiger partial charge in [-0.25, -0.2) is 9.86 Å². The molecular formula is C16H24N2O5. The Balaban J connectivity index is 2.30. The number of carbonyl (C=O) groups excluding carboxylic acids is 2. The summed E-state index contributed by atoms with van der Waals surface area (Å²) in [7, 11) is 2.93. The molecule has 128 valence electrons. The summed E-state index contributed by atoms with van der Waals surface area (Å²) in [6.45, 7) is 3.70. The van der Waals surface area contributed by atoms with Crippen LogP contribution in [0.1, 0.15) is 25.8 Å². The molecular weight excluding hydrogens is 300 g/mol. The second-order valence-corrected chi connectivity index (χ2v) is 5.37. The molecule has 0 aliphatic heterocycles. The van der Waals surface area contributed by atoms with E-state index in [4.69, 9.17) is 14.3 Å². The lowest BCUT2D eigenvalue weighted by molar-refractivity contribution is -0.170. The standard InChI is InChI=1S/C16H24N2O5/c1-16(2,23-11-10-14(19)18(3)21-4)17-15(20)22-12-13-8-6-5-7-9-13/h5-9H,10-12H2,1-4H3,(H,17,20). The zero-order chi connectivity index (χ0) is 17.3. The van der Waals surface area contributed by atoms with E-state index in [0.717, 1.165) is 10.6 Å². The van der Waals surface area contributed by atoms with Crippen LogP contribution in [0.3, 0.4) is 0 Å². The van der Waals surface area contributed by atoms with E-state index in [2.05, 4.69) is 5.32 Å². The molecule has 1 aromatic carbocycles. The molecule has 7 heteroatoms. The van der Waals surface area contributed by atoms with Crippen molar-refractivity contribution in [3.05, 3.63) is 35.9 Å². The van der Waals surface area contributed by atoms with Gasteiger partial charge in [-0.05, 0) is 19.4 Å². The van der Waals surface area contributed by atoms with E-state index in [1.807, 2.05) is 30.3 Å². The van der Waals surface area contributed by atoms with Gasteiger partial charge in [-0.15, -0.1) is 0 Å². The molecule has 0 bridgehead atoms. The lowest BCUT2D eigenvalue weighted by Gasteiger charge is -2.26. The van der Waals surface area contributed by atoms with Gasteiger partial charge in [0.1, 0.15) is 12.3 Å². The number of amides is 2. The maximum absolute atomic E-state index is 11.8. The minimum Gasteiger partial charge on any atom is -0.445 e. The van der Waals surface area contributed by atoms with Crippen molar-refractivity contribution < 1.29 is 23.9 Å². The predicted octanol–water partition coefficient (Wildman–Crippen LogP) is 2.08. The zero-order valence-corrected chi connectivity index (χ0v) is 14.0. The maximum Gasteiger partial charge on any atom is 0.409 e. The van der Waals surface area contributed by atoms with Crippen LogP contribution < -0.4 is 5.32 Å². The average molecular weight is 324 g/mol. The van der Waals surface area contributed by atoms with Gasteiger partial charge in [0.05, 0.1) is 20.1 Å². The number of hydroxylamine groups is 2. The Hall–Kier alpha value is -2.12. The van der Waals surface area contributed by atoms with E-state index in [-0.39, 0.29) is 25.5 Å². The van der Waals surface area contributed by atoms with E-state index in [1.165, 1.54) is 14.2 Å². The lowest BCUT2D eigenvalue weighted by Crippen LogP contribution is -2.46. The number of ether oxygens (including phenoxy) is 2. The highest BCUT2D eigenvalue weighted by Gasteiger charge is 2.22. The molecule has 0 aliphatic carbocycles. The van der Waals surface area contributed by atoms with Crippen LogP contribution in [0.4, 0.5) is 4.79 Å². The molecule has 0 saturated carbocycles. The van der Waals surface area contributed by atoms with Crippen LogP contribution in [0, 0.1) is 0 Å². The fourth-order valence-corrected chi connectivity index (χ4v) is 1.69. The van der Waals surface area contributed by atoms with E-state index in [0.29, 0.717) is 0 Å². The molecule has 0 spiro atoms. The first-order chi connectivity index (χ1) is 10.8. The fraction of sp³-hybridized carbons (Fsp3) is 0.500. The smallest absolute Gasteiger partial charge is 0.409 e. The molecule has 0 atom stereocenters. The molecule has 0 fully saturated rings. The second-order valence-electron chi connectivity index (χ2n) is 5.37. The normalized spacial score (nSPS) is 11.0. The van der Waals surface area contributed by atoms with Crippen molar-refractivity contribution in [2.75, 3.05) is 20.8 Å². The Bertz CT molecular complexity index is 504.